The topological polar surface area (TPSA) is 21.8 Å². The third-order valence-corrected chi connectivity index (χ3v) is 2.18. The molecule has 0 spiro atoms. The van der Waals surface area contributed by atoms with Gasteiger partial charge in [-0.15, -0.1) is 0 Å². The summed E-state index contributed by atoms with van der Waals surface area (Å²) in [5.41, 5.74) is 1.05. The highest BCUT2D eigenvalue weighted by molar-refractivity contribution is 6.32. The summed E-state index contributed by atoms with van der Waals surface area (Å²) in [5.74, 6) is 0.738. The molecule has 0 saturated carbocycles. The lowest BCUT2D eigenvalue weighted by Gasteiger charge is -2.06. The lowest BCUT2D eigenvalue weighted by atomic mass is 10.1. The van der Waals surface area contributed by atoms with Gasteiger partial charge in [-0.2, -0.15) is 0 Å². The highest BCUT2D eigenvalue weighted by Crippen LogP contribution is 2.39. The summed E-state index contributed by atoms with van der Waals surface area (Å²) >= 11 is 5.92. The minimum Gasteiger partial charge on any atom is -0.495 e. The Balaban J connectivity index is 2.43. The third kappa shape index (κ3) is 1.28. The molecule has 0 amide bonds. The van der Waals surface area contributed by atoms with Crippen LogP contribution in [0, 0.1) is 0 Å². The first-order valence-electron chi connectivity index (χ1n) is 3.77. The first-order valence-corrected chi connectivity index (χ1v) is 4.14. The smallest absolute Gasteiger partial charge is 0.143 e. The molecular weight excluding hydrogens is 176 g/mol. The number of epoxide rings is 1. The molecule has 2 nitrogen and oxygen atoms in total. The molecule has 1 atom stereocenters. The number of methoxy groups -OCH3 is 1. The fraction of sp³-hybridized carbons (Fsp3) is 0.333. The van der Waals surface area contributed by atoms with Crippen LogP contribution in [0.2, 0.25) is 5.02 Å². The van der Waals surface area contributed by atoms with E-state index >= 15 is 0 Å². The van der Waals surface area contributed by atoms with Crippen LogP contribution in [0.5, 0.6) is 5.75 Å². The van der Waals surface area contributed by atoms with E-state index in [1.807, 2.05) is 18.2 Å². The van der Waals surface area contributed by atoms with E-state index in [-0.39, 0.29) is 6.10 Å². The second kappa shape index (κ2) is 2.96. The molecule has 1 heterocycles. The Morgan fingerprint density at radius 1 is 1.58 bits per heavy atom. The molecule has 0 N–H and O–H groups in total. The highest BCUT2D eigenvalue weighted by Gasteiger charge is 2.28. The van der Waals surface area contributed by atoms with Crippen LogP contribution in [0.4, 0.5) is 0 Å². The van der Waals surface area contributed by atoms with Crippen molar-refractivity contribution in [2.24, 2.45) is 0 Å². The van der Waals surface area contributed by atoms with Gasteiger partial charge in [0.15, 0.2) is 0 Å². The lowest BCUT2D eigenvalue weighted by molar-refractivity contribution is 0.383. The molecule has 1 saturated heterocycles. The van der Waals surface area contributed by atoms with E-state index in [0.29, 0.717) is 5.02 Å². The summed E-state index contributed by atoms with van der Waals surface area (Å²) in [7, 11) is 1.62. The lowest BCUT2D eigenvalue weighted by Crippen LogP contribution is -1.90. The van der Waals surface area contributed by atoms with Gasteiger partial charge in [0.05, 0.1) is 18.7 Å². The largest absolute Gasteiger partial charge is 0.495 e. The fourth-order valence-electron chi connectivity index (χ4n) is 1.22. The van der Waals surface area contributed by atoms with Crippen molar-refractivity contribution < 1.29 is 9.47 Å². The third-order valence-electron chi connectivity index (χ3n) is 1.88. The van der Waals surface area contributed by atoms with Crippen LogP contribution in [0.25, 0.3) is 0 Å². The maximum Gasteiger partial charge on any atom is 0.143 e. The Morgan fingerprint density at radius 3 is 2.92 bits per heavy atom. The van der Waals surface area contributed by atoms with Crippen LogP contribution >= 0.6 is 11.6 Å². The molecule has 1 aromatic carbocycles. The summed E-state index contributed by atoms with van der Waals surface area (Å²) < 4.78 is 10.3. The second-order valence-electron chi connectivity index (χ2n) is 2.68. The van der Waals surface area contributed by atoms with Crippen molar-refractivity contribution in [2.45, 2.75) is 6.10 Å². The molecule has 0 aliphatic carbocycles. The van der Waals surface area contributed by atoms with Gasteiger partial charge in [-0.3, -0.25) is 0 Å². The van der Waals surface area contributed by atoms with E-state index in [9.17, 15) is 0 Å². The summed E-state index contributed by atoms with van der Waals surface area (Å²) in [4.78, 5) is 0. The van der Waals surface area contributed by atoms with Crippen molar-refractivity contribution in [2.75, 3.05) is 13.7 Å². The summed E-state index contributed by atoms with van der Waals surface area (Å²) in [6, 6.07) is 5.69. The number of hydrogen-bond donors (Lipinski definition) is 0. The average Bonchev–Trinajstić information content (AvgIpc) is 2.86. The van der Waals surface area contributed by atoms with E-state index in [1.54, 1.807) is 7.11 Å². The standard InChI is InChI=1S/C9H9ClO2/c1-11-9-6(8-5-12-8)3-2-4-7(9)10/h2-4,8H,5H2,1H3. The quantitative estimate of drug-likeness (QED) is 0.659. The van der Waals surface area contributed by atoms with Gasteiger partial charge in [0, 0.05) is 5.56 Å². The van der Waals surface area contributed by atoms with Crippen molar-refractivity contribution in [3.05, 3.63) is 28.8 Å². The Bertz CT molecular complexity index is 295. The Labute approximate surface area is 76.1 Å². The number of halogens is 1. The van der Waals surface area contributed by atoms with Crippen LogP contribution in [0.1, 0.15) is 11.7 Å². The maximum atomic E-state index is 5.92. The van der Waals surface area contributed by atoms with Gasteiger partial charge in [-0.1, -0.05) is 23.7 Å². The fourth-order valence-corrected chi connectivity index (χ4v) is 1.48. The van der Waals surface area contributed by atoms with Crippen molar-refractivity contribution in [1.29, 1.82) is 0 Å². The molecule has 1 aromatic rings. The van der Waals surface area contributed by atoms with Gasteiger partial charge in [0.2, 0.25) is 0 Å². The van der Waals surface area contributed by atoms with E-state index in [0.717, 1.165) is 17.9 Å². The maximum absolute atomic E-state index is 5.92. The Kier molecular flexibility index (Phi) is 1.95. The van der Waals surface area contributed by atoms with Gasteiger partial charge >= 0.3 is 0 Å². The van der Waals surface area contributed by atoms with Crippen LogP contribution in [0.15, 0.2) is 18.2 Å². The molecule has 0 aromatic heterocycles. The van der Waals surface area contributed by atoms with Gasteiger partial charge in [-0.05, 0) is 6.07 Å². The summed E-state index contributed by atoms with van der Waals surface area (Å²) in [5, 5.41) is 0.644. The van der Waals surface area contributed by atoms with Crippen molar-refractivity contribution in [3.63, 3.8) is 0 Å². The zero-order valence-corrected chi connectivity index (χ0v) is 7.47. The molecule has 12 heavy (non-hydrogen) atoms. The van der Waals surface area contributed by atoms with Crippen LogP contribution in [-0.2, 0) is 4.74 Å². The molecule has 1 unspecified atom stereocenters. The molecule has 0 radical (unpaired) electrons. The highest BCUT2D eigenvalue weighted by atomic mass is 35.5. The minimum absolute atomic E-state index is 0.193. The SMILES string of the molecule is COc1c(Cl)cccc1C1CO1. The van der Waals surface area contributed by atoms with Gasteiger partial charge in [-0.25, -0.2) is 0 Å². The van der Waals surface area contributed by atoms with Crippen LogP contribution < -0.4 is 4.74 Å². The minimum atomic E-state index is 0.193. The average molecular weight is 185 g/mol. The first-order chi connectivity index (χ1) is 5.83. The second-order valence-corrected chi connectivity index (χ2v) is 3.09. The van der Waals surface area contributed by atoms with Gasteiger partial charge in [0.1, 0.15) is 11.9 Å². The predicted molar refractivity (Wildman–Crippen MR) is 46.7 cm³/mol. The predicted octanol–water partition coefficient (Wildman–Crippen LogP) is 2.42. The molecule has 1 aliphatic heterocycles. The molecule has 0 bridgehead atoms. The zero-order chi connectivity index (χ0) is 8.55. The van der Waals surface area contributed by atoms with Crippen LogP contribution in [-0.4, -0.2) is 13.7 Å². The Hall–Kier alpha value is -0.730. The van der Waals surface area contributed by atoms with E-state index < -0.39 is 0 Å². The van der Waals surface area contributed by atoms with Crippen molar-refractivity contribution >= 4 is 11.6 Å². The number of rotatable bonds is 2. The van der Waals surface area contributed by atoms with Crippen molar-refractivity contribution in [1.82, 2.24) is 0 Å². The van der Waals surface area contributed by atoms with E-state index in [2.05, 4.69) is 0 Å². The summed E-state index contributed by atoms with van der Waals surface area (Å²) in [6.07, 6.45) is 0.193. The molecule has 2 rings (SSSR count). The van der Waals surface area contributed by atoms with Gasteiger partial charge < -0.3 is 9.47 Å². The van der Waals surface area contributed by atoms with Gasteiger partial charge in [0.25, 0.3) is 0 Å². The number of hydrogen-bond acceptors (Lipinski definition) is 2. The molecular formula is C9H9ClO2. The number of benzene rings is 1. The van der Waals surface area contributed by atoms with Crippen molar-refractivity contribution in [3.8, 4) is 5.75 Å². The molecule has 64 valence electrons. The molecule has 1 aliphatic rings. The normalized spacial score (nSPS) is 20.7. The first kappa shape index (κ1) is 7.90. The van der Waals surface area contributed by atoms with E-state index in [4.69, 9.17) is 21.1 Å². The number of ether oxygens (including phenoxy) is 2. The molecule has 3 heteroatoms. The molecule has 1 fully saturated rings. The summed E-state index contributed by atoms with van der Waals surface area (Å²) in [6.45, 7) is 0.775. The van der Waals surface area contributed by atoms with Crippen LogP contribution in [0.3, 0.4) is 0 Å². The zero-order valence-electron chi connectivity index (χ0n) is 6.71. The number of para-hydroxylation sites is 1. The van der Waals surface area contributed by atoms with E-state index in [1.165, 1.54) is 0 Å². The Morgan fingerprint density at radius 2 is 2.33 bits per heavy atom. The monoisotopic (exact) mass is 184 g/mol.